The number of benzene rings is 1. The van der Waals surface area contributed by atoms with Gasteiger partial charge in [0, 0.05) is 37.0 Å². The Morgan fingerprint density at radius 2 is 1.51 bits per heavy atom. The Morgan fingerprint density at radius 1 is 0.854 bits per heavy atom. The number of nitrogens with two attached hydrogens (primary N) is 1. The van der Waals surface area contributed by atoms with Crippen molar-refractivity contribution >= 4 is 35.2 Å². The highest BCUT2D eigenvalue weighted by atomic mass is 16.6. The van der Waals surface area contributed by atoms with E-state index in [1.54, 1.807) is 26.0 Å². The minimum atomic E-state index is -0.933. The van der Waals surface area contributed by atoms with E-state index in [1.165, 1.54) is 0 Å². The summed E-state index contributed by atoms with van der Waals surface area (Å²) in [5.41, 5.74) is 9.43. The van der Waals surface area contributed by atoms with E-state index in [0.29, 0.717) is 31.6 Å². The summed E-state index contributed by atoms with van der Waals surface area (Å²) in [7, 11) is 0. The van der Waals surface area contributed by atoms with Crippen LogP contribution in [0.3, 0.4) is 0 Å². The van der Waals surface area contributed by atoms with Gasteiger partial charge < -0.3 is 27.0 Å². The molecular weight excluding hydrogens is 528 g/mol. The van der Waals surface area contributed by atoms with Gasteiger partial charge in [0.25, 0.3) is 0 Å². The lowest BCUT2D eigenvalue weighted by atomic mass is 10.0. The van der Waals surface area contributed by atoms with E-state index in [1.807, 2.05) is 39.8 Å². The van der Waals surface area contributed by atoms with Crippen molar-refractivity contribution in [2.45, 2.75) is 98.4 Å². The maximum Gasteiger partial charge on any atom is 0.312 e. The first-order valence-electron chi connectivity index (χ1n) is 14.2. The Bertz CT molecular complexity index is 996. The minimum Gasteiger partial charge on any atom is -0.352 e. The Hall–Kier alpha value is -3.51. The highest BCUT2D eigenvalue weighted by molar-refractivity contribution is 5.98. The molecule has 0 saturated carbocycles. The molecule has 0 unspecified atom stereocenters. The number of ketones is 1. The summed E-state index contributed by atoms with van der Waals surface area (Å²) in [5, 5.41) is 10.8. The number of hydrogen-bond donors (Lipinski definition) is 6. The third-order valence-electron chi connectivity index (χ3n) is 6.12. The topological polar surface area (TPSA) is 181 Å². The van der Waals surface area contributed by atoms with Gasteiger partial charge in [0.1, 0.15) is 17.9 Å². The van der Waals surface area contributed by atoms with Gasteiger partial charge in [-0.2, -0.15) is 5.48 Å². The summed E-state index contributed by atoms with van der Waals surface area (Å²) in [6.07, 6.45) is 1.41. The van der Waals surface area contributed by atoms with Crippen molar-refractivity contribution in [1.82, 2.24) is 21.4 Å². The maximum atomic E-state index is 13.2. The molecule has 41 heavy (non-hydrogen) atoms. The zero-order valence-corrected chi connectivity index (χ0v) is 25.2. The van der Waals surface area contributed by atoms with E-state index in [2.05, 4.69) is 26.7 Å². The molecule has 0 aliphatic heterocycles. The Morgan fingerprint density at radius 3 is 2.07 bits per heavy atom. The van der Waals surface area contributed by atoms with Gasteiger partial charge in [-0.25, -0.2) is 4.79 Å². The zero-order chi connectivity index (χ0) is 30.9. The summed E-state index contributed by atoms with van der Waals surface area (Å²) in [6, 6.07) is 4.81. The molecule has 12 heteroatoms. The van der Waals surface area contributed by atoms with E-state index in [4.69, 9.17) is 10.6 Å². The van der Waals surface area contributed by atoms with Crippen LogP contribution in [-0.2, 0) is 30.6 Å². The van der Waals surface area contributed by atoms with E-state index in [0.717, 1.165) is 5.56 Å². The van der Waals surface area contributed by atoms with Crippen molar-refractivity contribution in [3.05, 3.63) is 29.8 Å². The average Bonchev–Trinajstić information content (AvgIpc) is 2.89. The number of nitrogens with one attached hydrogen (secondary N) is 5. The molecule has 230 valence electrons. The number of carbonyl (C=O) groups is 5. The second-order valence-corrected chi connectivity index (χ2v) is 11.0. The van der Waals surface area contributed by atoms with Gasteiger partial charge in [-0.05, 0) is 56.7 Å². The van der Waals surface area contributed by atoms with Gasteiger partial charge >= 0.3 is 6.03 Å². The van der Waals surface area contributed by atoms with Gasteiger partial charge in [-0.1, -0.05) is 39.8 Å². The number of amides is 5. The van der Waals surface area contributed by atoms with Gasteiger partial charge in [0.15, 0.2) is 0 Å². The lowest BCUT2D eigenvalue weighted by Crippen LogP contribution is -2.54. The number of carbonyl (C=O) groups excluding carboxylic acids is 5. The normalized spacial score (nSPS) is 12.6. The highest BCUT2D eigenvalue weighted by Gasteiger charge is 2.28. The predicted molar refractivity (Wildman–Crippen MR) is 157 cm³/mol. The highest BCUT2D eigenvalue weighted by Crippen LogP contribution is 2.13. The molecule has 0 aliphatic carbocycles. The Kier molecular flexibility index (Phi) is 16.3. The summed E-state index contributed by atoms with van der Waals surface area (Å²) in [5.74, 6) is -1.54. The third kappa shape index (κ3) is 15.2. The van der Waals surface area contributed by atoms with Crippen LogP contribution in [0.2, 0.25) is 0 Å². The van der Waals surface area contributed by atoms with Crippen LogP contribution in [0.15, 0.2) is 24.3 Å². The average molecular weight is 577 g/mol. The second kappa shape index (κ2) is 18.8. The van der Waals surface area contributed by atoms with Crippen molar-refractivity contribution in [1.29, 1.82) is 0 Å². The standard InChI is InChI=1S/C29H48N6O6/c1-18(2)24(36)10-7-11-25(37)34-26(19(3)4)28(39)33-23(9-8-16-31-29(30)40)27(38)32-22-14-12-21(13-15-22)17-41-35-20(5)6/h12-15,18-20,23,26,35H,7-11,16-17H2,1-6H3,(H,32,38)(H,33,39)(H,34,37)(H3,30,31,40)/t23-,26-/m1/s1. The molecule has 0 fully saturated rings. The molecule has 0 bridgehead atoms. The molecule has 12 nitrogen and oxygen atoms in total. The zero-order valence-electron chi connectivity index (χ0n) is 25.2. The first-order chi connectivity index (χ1) is 19.3. The molecule has 1 aromatic carbocycles. The fraction of sp³-hybridized carbons (Fsp3) is 0.621. The number of hydroxylamine groups is 1. The Balaban J connectivity index is 2.85. The fourth-order valence-electron chi connectivity index (χ4n) is 3.75. The van der Waals surface area contributed by atoms with Crippen LogP contribution in [-0.4, -0.2) is 54.2 Å². The van der Waals surface area contributed by atoms with Crippen molar-refractivity contribution in [2.75, 3.05) is 11.9 Å². The monoisotopic (exact) mass is 576 g/mol. The molecule has 5 amide bonds. The number of Topliss-reactive ketones (excluding diaryl/α,β-unsaturated/α-hetero) is 1. The van der Waals surface area contributed by atoms with Crippen LogP contribution in [0.1, 0.15) is 79.2 Å². The molecule has 1 aromatic rings. The van der Waals surface area contributed by atoms with E-state index in [-0.39, 0.29) is 49.0 Å². The molecule has 0 spiro atoms. The molecule has 1 rings (SSSR count). The smallest absolute Gasteiger partial charge is 0.312 e. The fourth-order valence-corrected chi connectivity index (χ4v) is 3.75. The maximum absolute atomic E-state index is 13.2. The molecule has 2 atom stereocenters. The first kappa shape index (κ1) is 35.5. The van der Waals surface area contributed by atoms with Gasteiger partial charge in [-0.15, -0.1) is 0 Å². The largest absolute Gasteiger partial charge is 0.352 e. The van der Waals surface area contributed by atoms with Crippen molar-refractivity contribution < 1.29 is 28.8 Å². The van der Waals surface area contributed by atoms with Crippen LogP contribution in [0.25, 0.3) is 0 Å². The van der Waals surface area contributed by atoms with Crippen molar-refractivity contribution in [3.8, 4) is 0 Å². The van der Waals surface area contributed by atoms with E-state index in [9.17, 15) is 24.0 Å². The van der Waals surface area contributed by atoms with Crippen molar-refractivity contribution in [3.63, 3.8) is 0 Å². The van der Waals surface area contributed by atoms with E-state index < -0.39 is 29.9 Å². The van der Waals surface area contributed by atoms with Gasteiger partial charge in [0.05, 0.1) is 6.61 Å². The first-order valence-corrected chi connectivity index (χ1v) is 14.2. The molecule has 0 heterocycles. The van der Waals surface area contributed by atoms with Crippen LogP contribution in [0.4, 0.5) is 10.5 Å². The molecule has 0 saturated heterocycles. The summed E-state index contributed by atoms with van der Waals surface area (Å²) in [6.45, 7) is 11.7. The summed E-state index contributed by atoms with van der Waals surface area (Å²) >= 11 is 0. The number of rotatable bonds is 19. The van der Waals surface area contributed by atoms with Gasteiger partial charge in [-0.3, -0.25) is 24.0 Å². The van der Waals surface area contributed by atoms with Crippen LogP contribution < -0.4 is 32.5 Å². The molecule has 0 aliphatic rings. The third-order valence-corrected chi connectivity index (χ3v) is 6.12. The van der Waals surface area contributed by atoms with Crippen LogP contribution in [0.5, 0.6) is 0 Å². The lowest BCUT2D eigenvalue weighted by Gasteiger charge is -2.25. The van der Waals surface area contributed by atoms with E-state index >= 15 is 0 Å². The number of primary amides is 1. The summed E-state index contributed by atoms with van der Waals surface area (Å²) in [4.78, 5) is 67.2. The minimum absolute atomic E-state index is 0.0849. The SMILES string of the molecule is CC(C)NOCc1ccc(NC(=O)[C@@H](CCCNC(N)=O)NC(=O)[C@H](NC(=O)CCCC(=O)C(C)C)C(C)C)cc1. The predicted octanol–water partition coefficient (Wildman–Crippen LogP) is 2.52. The molecule has 7 N–H and O–H groups in total. The quantitative estimate of drug-likeness (QED) is 0.108. The molecule has 0 radical (unpaired) electrons. The number of anilines is 1. The second-order valence-electron chi connectivity index (χ2n) is 11.0. The van der Waals surface area contributed by atoms with Crippen LogP contribution in [0, 0.1) is 11.8 Å². The lowest BCUT2D eigenvalue weighted by molar-refractivity contribution is -0.132. The number of urea groups is 1. The van der Waals surface area contributed by atoms with Crippen LogP contribution >= 0.6 is 0 Å². The number of hydrogen-bond acceptors (Lipinski definition) is 7. The molecular formula is C29H48N6O6. The van der Waals surface area contributed by atoms with Gasteiger partial charge in [0.2, 0.25) is 17.7 Å². The summed E-state index contributed by atoms with van der Waals surface area (Å²) < 4.78 is 0. The Labute approximate surface area is 243 Å². The van der Waals surface area contributed by atoms with Crippen molar-refractivity contribution in [2.24, 2.45) is 17.6 Å². The molecule has 0 aromatic heterocycles.